The van der Waals surface area contributed by atoms with Gasteiger partial charge >= 0.3 is 0 Å². The number of aromatic amines is 1. The van der Waals surface area contributed by atoms with E-state index in [-0.39, 0.29) is 0 Å². The lowest BCUT2D eigenvalue weighted by molar-refractivity contribution is 0.232. The summed E-state index contributed by atoms with van der Waals surface area (Å²) in [5, 5.41) is 3.56. The van der Waals surface area contributed by atoms with Crippen LogP contribution in [0.2, 0.25) is 0 Å². The monoisotopic (exact) mass is 193 g/mol. The molecular formula is C11H19N3. The van der Waals surface area contributed by atoms with Crippen LogP contribution in [0.1, 0.15) is 12.1 Å². The second kappa shape index (κ2) is 4.62. The highest BCUT2D eigenvalue weighted by Gasteiger charge is 2.15. The molecule has 1 fully saturated rings. The Hall–Kier alpha value is -0.800. The Morgan fingerprint density at radius 2 is 2.50 bits per heavy atom. The molecule has 0 saturated carbocycles. The molecule has 0 radical (unpaired) electrons. The van der Waals surface area contributed by atoms with Crippen LogP contribution in [-0.2, 0) is 6.42 Å². The molecule has 0 amide bonds. The average molecular weight is 193 g/mol. The predicted molar refractivity (Wildman–Crippen MR) is 58.4 cm³/mol. The van der Waals surface area contributed by atoms with E-state index in [1.54, 1.807) is 0 Å². The number of likely N-dealkylation sites (N-methyl/N-ethyl adjacent to an activating group) is 1. The quantitative estimate of drug-likeness (QED) is 0.745. The molecule has 0 spiro atoms. The summed E-state index contributed by atoms with van der Waals surface area (Å²) in [6, 6.07) is 4.89. The Balaban J connectivity index is 1.75. The van der Waals surface area contributed by atoms with E-state index in [1.807, 2.05) is 6.20 Å². The van der Waals surface area contributed by atoms with Crippen molar-refractivity contribution in [3.8, 4) is 0 Å². The van der Waals surface area contributed by atoms with Crippen molar-refractivity contribution in [3.05, 3.63) is 24.0 Å². The zero-order valence-corrected chi connectivity index (χ0v) is 8.79. The van der Waals surface area contributed by atoms with Crippen LogP contribution >= 0.6 is 0 Å². The molecule has 3 nitrogen and oxygen atoms in total. The van der Waals surface area contributed by atoms with Crippen LogP contribution in [0.25, 0.3) is 0 Å². The van der Waals surface area contributed by atoms with Crippen LogP contribution in [0, 0.1) is 0 Å². The lowest BCUT2D eigenvalue weighted by atomic mass is 10.1. The highest BCUT2D eigenvalue weighted by molar-refractivity contribution is 5.04. The number of aryl methyl sites for hydroxylation is 1. The molecule has 1 saturated heterocycles. The number of nitrogens with one attached hydrogen (secondary N) is 2. The molecule has 2 N–H and O–H groups in total. The summed E-state index contributed by atoms with van der Waals surface area (Å²) in [7, 11) is 2.20. The third-order valence-corrected chi connectivity index (χ3v) is 2.88. The van der Waals surface area contributed by atoms with Gasteiger partial charge in [-0.15, -0.1) is 0 Å². The van der Waals surface area contributed by atoms with Gasteiger partial charge in [-0.05, 0) is 32.0 Å². The molecule has 3 heteroatoms. The molecule has 0 aliphatic carbocycles. The van der Waals surface area contributed by atoms with Crippen LogP contribution in [0.15, 0.2) is 18.3 Å². The summed E-state index contributed by atoms with van der Waals surface area (Å²) in [6.45, 7) is 3.49. The van der Waals surface area contributed by atoms with E-state index in [0.29, 0.717) is 6.04 Å². The first-order chi connectivity index (χ1) is 6.84. The first-order valence-corrected chi connectivity index (χ1v) is 5.39. The summed E-state index contributed by atoms with van der Waals surface area (Å²) < 4.78 is 0. The Morgan fingerprint density at radius 3 is 3.21 bits per heavy atom. The SMILES string of the molecule is CN1CCNC(CCc2ccc[nH]2)C1. The molecule has 2 heterocycles. The van der Waals surface area contributed by atoms with Gasteiger partial charge in [0.1, 0.15) is 0 Å². The van der Waals surface area contributed by atoms with E-state index >= 15 is 0 Å². The predicted octanol–water partition coefficient (Wildman–Crippen LogP) is 0.851. The molecule has 1 aromatic heterocycles. The summed E-state index contributed by atoms with van der Waals surface area (Å²) >= 11 is 0. The zero-order valence-electron chi connectivity index (χ0n) is 8.79. The minimum absolute atomic E-state index is 0.664. The van der Waals surface area contributed by atoms with Crippen molar-refractivity contribution in [3.63, 3.8) is 0 Å². The van der Waals surface area contributed by atoms with Crippen molar-refractivity contribution >= 4 is 0 Å². The van der Waals surface area contributed by atoms with Crippen LogP contribution in [0.4, 0.5) is 0 Å². The highest BCUT2D eigenvalue weighted by atomic mass is 15.2. The number of hydrogen-bond donors (Lipinski definition) is 2. The van der Waals surface area contributed by atoms with Crippen molar-refractivity contribution < 1.29 is 0 Å². The summed E-state index contributed by atoms with van der Waals surface area (Å²) in [5.41, 5.74) is 1.35. The van der Waals surface area contributed by atoms with Crippen molar-refractivity contribution in [1.82, 2.24) is 15.2 Å². The van der Waals surface area contributed by atoms with Gasteiger partial charge in [0.05, 0.1) is 0 Å². The van der Waals surface area contributed by atoms with Gasteiger partial charge in [0.25, 0.3) is 0 Å². The molecule has 0 bridgehead atoms. The van der Waals surface area contributed by atoms with E-state index in [9.17, 15) is 0 Å². The summed E-state index contributed by atoms with van der Waals surface area (Å²) in [5.74, 6) is 0. The normalized spacial score (nSPS) is 23.9. The fourth-order valence-electron chi connectivity index (χ4n) is 2.04. The maximum Gasteiger partial charge on any atom is 0.0199 e. The molecule has 0 aromatic carbocycles. The summed E-state index contributed by atoms with van der Waals surface area (Å²) in [6.07, 6.45) is 4.37. The van der Waals surface area contributed by atoms with Gasteiger partial charge in [-0.25, -0.2) is 0 Å². The Morgan fingerprint density at radius 1 is 1.57 bits per heavy atom. The maximum atomic E-state index is 3.56. The Kier molecular flexibility index (Phi) is 3.22. The fraction of sp³-hybridized carbons (Fsp3) is 0.636. The van der Waals surface area contributed by atoms with Gasteiger partial charge in [-0.2, -0.15) is 0 Å². The van der Waals surface area contributed by atoms with Gasteiger partial charge in [-0.1, -0.05) is 0 Å². The van der Waals surface area contributed by atoms with Gasteiger partial charge in [-0.3, -0.25) is 0 Å². The van der Waals surface area contributed by atoms with Crippen LogP contribution in [-0.4, -0.2) is 42.6 Å². The minimum atomic E-state index is 0.664. The standard InChI is InChI=1S/C11H19N3/c1-14-8-7-13-11(9-14)5-4-10-3-2-6-12-10/h2-3,6,11-13H,4-5,7-9H2,1H3. The molecule has 2 rings (SSSR count). The lowest BCUT2D eigenvalue weighted by Gasteiger charge is -2.30. The third kappa shape index (κ3) is 2.59. The summed E-state index contributed by atoms with van der Waals surface area (Å²) in [4.78, 5) is 5.65. The van der Waals surface area contributed by atoms with Gasteiger partial charge in [0, 0.05) is 37.6 Å². The molecule has 1 unspecified atom stereocenters. The Labute approximate surface area is 85.5 Å². The van der Waals surface area contributed by atoms with Gasteiger partial charge in [0.2, 0.25) is 0 Å². The second-order valence-electron chi connectivity index (χ2n) is 4.15. The van der Waals surface area contributed by atoms with E-state index in [0.717, 1.165) is 13.0 Å². The van der Waals surface area contributed by atoms with Crippen LogP contribution in [0.3, 0.4) is 0 Å². The number of hydrogen-bond acceptors (Lipinski definition) is 2. The van der Waals surface area contributed by atoms with E-state index < -0.39 is 0 Å². The van der Waals surface area contributed by atoms with Crippen molar-refractivity contribution in [2.24, 2.45) is 0 Å². The number of piperazine rings is 1. The van der Waals surface area contributed by atoms with Crippen LogP contribution < -0.4 is 5.32 Å². The fourth-order valence-corrected chi connectivity index (χ4v) is 2.04. The second-order valence-corrected chi connectivity index (χ2v) is 4.15. The first kappa shape index (κ1) is 9.74. The van der Waals surface area contributed by atoms with Crippen molar-refractivity contribution in [1.29, 1.82) is 0 Å². The van der Waals surface area contributed by atoms with Gasteiger partial charge < -0.3 is 15.2 Å². The van der Waals surface area contributed by atoms with E-state index in [4.69, 9.17) is 0 Å². The first-order valence-electron chi connectivity index (χ1n) is 5.39. The minimum Gasteiger partial charge on any atom is -0.365 e. The number of rotatable bonds is 3. The smallest absolute Gasteiger partial charge is 0.0199 e. The molecule has 1 aliphatic heterocycles. The molecular weight excluding hydrogens is 174 g/mol. The molecule has 1 atom stereocenters. The van der Waals surface area contributed by atoms with Gasteiger partial charge in [0.15, 0.2) is 0 Å². The topological polar surface area (TPSA) is 31.1 Å². The number of H-pyrrole nitrogens is 1. The number of aromatic nitrogens is 1. The van der Waals surface area contributed by atoms with Crippen molar-refractivity contribution in [2.45, 2.75) is 18.9 Å². The molecule has 78 valence electrons. The van der Waals surface area contributed by atoms with E-state index in [1.165, 1.54) is 25.2 Å². The molecule has 1 aliphatic rings. The zero-order chi connectivity index (χ0) is 9.80. The lowest BCUT2D eigenvalue weighted by Crippen LogP contribution is -2.49. The highest BCUT2D eigenvalue weighted by Crippen LogP contribution is 2.05. The molecule has 1 aromatic rings. The molecule has 14 heavy (non-hydrogen) atoms. The third-order valence-electron chi connectivity index (χ3n) is 2.88. The number of nitrogens with zero attached hydrogens (tertiary/aromatic N) is 1. The van der Waals surface area contributed by atoms with Crippen LogP contribution in [0.5, 0.6) is 0 Å². The average Bonchev–Trinajstić information content (AvgIpc) is 2.67. The maximum absolute atomic E-state index is 3.56. The largest absolute Gasteiger partial charge is 0.365 e. The van der Waals surface area contributed by atoms with Crippen molar-refractivity contribution in [2.75, 3.05) is 26.7 Å². The Bertz CT molecular complexity index is 256. The van der Waals surface area contributed by atoms with E-state index in [2.05, 4.69) is 34.4 Å².